The van der Waals surface area contributed by atoms with Crippen molar-refractivity contribution >= 4 is 22.9 Å². The van der Waals surface area contributed by atoms with Gasteiger partial charge in [0, 0.05) is 19.8 Å². The summed E-state index contributed by atoms with van der Waals surface area (Å²) in [6.45, 7) is 0. The second-order valence-electron chi connectivity index (χ2n) is 4.51. The van der Waals surface area contributed by atoms with Crippen molar-refractivity contribution < 1.29 is 13.2 Å². The Bertz CT molecular complexity index is 545. The summed E-state index contributed by atoms with van der Waals surface area (Å²) < 4.78 is 38.3. The van der Waals surface area contributed by atoms with E-state index in [1.54, 1.807) is 24.3 Å². The minimum atomic E-state index is -4.49. The van der Waals surface area contributed by atoms with Gasteiger partial charge < -0.3 is 10.6 Å². The van der Waals surface area contributed by atoms with Crippen LogP contribution in [-0.2, 0) is 0 Å². The van der Waals surface area contributed by atoms with E-state index >= 15 is 0 Å². The van der Waals surface area contributed by atoms with Gasteiger partial charge in [-0.05, 0) is 24.3 Å². The molecule has 1 atom stereocenters. The van der Waals surface area contributed by atoms with Gasteiger partial charge in [-0.2, -0.15) is 18.3 Å². The van der Waals surface area contributed by atoms with Crippen LogP contribution in [0.3, 0.4) is 0 Å². The average Bonchev–Trinajstić information content (AvgIpc) is 2.71. The summed E-state index contributed by atoms with van der Waals surface area (Å²) in [6, 6.07) is 4.81. The van der Waals surface area contributed by atoms with E-state index in [1.165, 1.54) is 0 Å². The maximum atomic E-state index is 12.8. The first kappa shape index (κ1) is 14.2. The molecule has 0 saturated carbocycles. The lowest BCUT2D eigenvalue weighted by molar-refractivity contribution is -0.138. The number of benzene rings is 1. The predicted molar refractivity (Wildman–Crippen MR) is 72.5 cm³/mol. The minimum Gasteiger partial charge on any atom is -0.381 e. The lowest BCUT2D eigenvalue weighted by Crippen LogP contribution is -2.44. The Morgan fingerprint density at radius 3 is 2.35 bits per heavy atom. The van der Waals surface area contributed by atoms with Crippen molar-refractivity contribution in [3.05, 3.63) is 24.3 Å². The molecule has 0 fully saturated rings. The number of aliphatic imine (C=N–C) groups is 1. The van der Waals surface area contributed by atoms with Gasteiger partial charge in [-0.3, -0.25) is 5.43 Å². The van der Waals surface area contributed by atoms with E-state index in [-0.39, 0.29) is 11.5 Å². The molecule has 0 bridgehead atoms. The fourth-order valence-electron chi connectivity index (χ4n) is 1.71. The molecule has 1 aromatic rings. The van der Waals surface area contributed by atoms with E-state index in [9.17, 15) is 13.2 Å². The Morgan fingerprint density at radius 2 is 1.85 bits per heavy atom. The van der Waals surface area contributed by atoms with E-state index < -0.39 is 12.2 Å². The standard InChI is InChI=1S/C12H14F3N5/c1-20(2)8-5-3-7(4-6-8)17-9-10(12(13,14)15)18-19-11(9)16/h3-6,10,18H,1-2H3,(H2,16,19). The van der Waals surface area contributed by atoms with Crippen LogP contribution in [0.15, 0.2) is 34.4 Å². The smallest absolute Gasteiger partial charge is 0.381 e. The fourth-order valence-corrected chi connectivity index (χ4v) is 1.71. The number of amidine groups is 1. The number of alkyl halides is 3. The second kappa shape index (κ2) is 5.03. The SMILES string of the molecule is CN(C)c1ccc(N=C2C(N)=NNC2C(F)(F)F)cc1. The summed E-state index contributed by atoms with van der Waals surface area (Å²) in [6.07, 6.45) is -4.49. The summed E-state index contributed by atoms with van der Waals surface area (Å²) in [5.41, 5.74) is 8.39. The Kier molecular flexibility index (Phi) is 3.56. The van der Waals surface area contributed by atoms with Crippen molar-refractivity contribution in [2.24, 2.45) is 15.8 Å². The summed E-state index contributed by atoms with van der Waals surface area (Å²) >= 11 is 0. The van der Waals surface area contributed by atoms with Gasteiger partial charge in [-0.15, -0.1) is 0 Å². The molecule has 2 rings (SSSR count). The second-order valence-corrected chi connectivity index (χ2v) is 4.51. The van der Waals surface area contributed by atoms with Crippen molar-refractivity contribution in [1.29, 1.82) is 0 Å². The predicted octanol–water partition coefficient (Wildman–Crippen LogP) is 1.63. The number of hydrogen-bond acceptors (Lipinski definition) is 5. The first-order valence-corrected chi connectivity index (χ1v) is 5.81. The van der Waals surface area contributed by atoms with E-state index in [4.69, 9.17) is 5.73 Å². The van der Waals surface area contributed by atoms with Gasteiger partial charge in [0.1, 0.15) is 5.71 Å². The Hall–Kier alpha value is -2.25. The molecule has 20 heavy (non-hydrogen) atoms. The molecule has 0 saturated heterocycles. The van der Waals surface area contributed by atoms with Gasteiger partial charge in [0.05, 0.1) is 5.69 Å². The zero-order valence-electron chi connectivity index (χ0n) is 10.9. The number of nitrogens with zero attached hydrogens (tertiary/aromatic N) is 3. The molecule has 1 unspecified atom stereocenters. The molecule has 0 amide bonds. The number of nitrogens with one attached hydrogen (secondary N) is 1. The van der Waals surface area contributed by atoms with Crippen molar-refractivity contribution in [2.45, 2.75) is 12.2 Å². The summed E-state index contributed by atoms with van der Waals surface area (Å²) in [4.78, 5) is 5.82. The molecule has 0 radical (unpaired) electrons. The summed E-state index contributed by atoms with van der Waals surface area (Å²) in [7, 11) is 3.73. The first-order valence-electron chi connectivity index (χ1n) is 5.81. The van der Waals surface area contributed by atoms with Crippen molar-refractivity contribution in [1.82, 2.24) is 5.43 Å². The fraction of sp³-hybridized carbons (Fsp3) is 0.333. The van der Waals surface area contributed by atoms with Crippen molar-refractivity contribution in [2.75, 3.05) is 19.0 Å². The minimum absolute atomic E-state index is 0.246. The molecular weight excluding hydrogens is 271 g/mol. The lowest BCUT2D eigenvalue weighted by Gasteiger charge is -2.15. The van der Waals surface area contributed by atoms with Crippen LogP contribution in [0, 0.1) is 0 Å². The highest BCUT2D eigenvalue weighted by molar-refractivity contribution is 6.44. The largest absolute Gasteiger partial charge is 0.416 e. The number of halogens is 3. The van der Waals surface area contributed by atoms with Gasteiger partial charge in [-0.1, -0.05) is 0 Å². The van der Waals surface area contributed by atoms with E-state index in [0.29, 0.717) is 5.69 Å². The third kappa shape index (κ3) is 2.84. The molecule has 0 aromatic heterocycles. The Labute approximate surface area is 114 Å². The highest BCUT2D eigenvalue weighted by Crippen LogP contribution is 2.26. The molecule has 1 aromatic carbocycles. The first-order chi connectivity index (χ1) is 9.29. The molecule has 1 aliphatic rings. The quantitative estimate of drug-likeness (QED) is 0.868. The monoisotopic (exact) mass is 285 g/mol. The third-order valence-electron chi connectivity index (χ3n) is 2.79. The number of anilines is 1. The van der Waals surface area contributed by atoms with E-state index in [2.05, 4.69) is 10.1 Å². The molecule has 108 valence electrons. The van der Waals surface area contributed by atoms with Gasteiger partial charge in [0.25, 0.3) is 0 Å². The van der Waals surface area contributed by atoms with Crippen LogP contribution >= 0.6 is 0 Å². The van der Waals surface area contributed by atoms with Gasteiger partial charge in [0.15, 0.2) is 11.9 Å². The summed E-state index contributed by atoms with van der Waals surface area (Å²) in [5.74, 6) is -0.246. The third-order valence-corrected chi connectivity index (χ3v) is 2.79. The number of hydrazone groups is 1. The van der Waals surface area contributed by atoms with Crippen LogP contribution < -0.4 is 16.1 Å². The van der Waals surface area contributed by atoms with Crippen molar-refractivity contribution in [3.63, 3.8) is 0 Å². The van der Waals surface area contributed by atoms with Crippen LogP contribution in [0.2, 0.25) is 0 Å². The summed E-state index contributed by atoms with van der Waals surface area (Å²) in [5, 5.41) is 3.39. The maximum Gasteiger partial charge on any atom is 0.416 e. The van der Waals surface area contributed by atoms with Crippen LogP contribution in [0.25, 0.3) is 0 Å². The van der Waals surface area contributed by atoms with Gasteiger partial charge in [-0.25, -0.2) is 4.99 Å². The maximum absolute atomic E-state index is 12.8. The molecule has 0 aliphatic carbocycles. The highest BCUT2D eigenvalue weighted by Gasteiger charge is 2.47. The van der Waals surface area contributed by atoms with Crippen molar-refractivity contribution in [3.8, 4) is 0 Å². The molecule has 0 spiro atoms. The van der Waals surface area contributed by atoms with E-state index in [0.717, 1.165) is 5.69 Å². The topological polar surface area (TPSA) is 66.0 Å². The molecular formula is C12H14F3N5. The normalized spacial score (nSPS) is 20.8. The van der Waals surface area contributed by atoms with Crippen LogP contribution in [0.5, 0.6) is 0 Å². The molecule has 5 nitrogen and oxygen atoms in total. The number of nitrogens with two attached hydrogens (primary N) is 1. The van der Waals surface area contributed by atoms with Crippen LogP contribution in [-0.4, -0.2) is 37.9 Å². The van der Waals surface area contributed by atoms with Gasteiger partial charge in [0.2, 0.25) is 0 Å². The zero-order chi connectivity index (χ0) is 14.9. The Balaban J connectivity index is 2.30. The molecule has 1 aliphatic heterocycles. The Morgan fingerprint density at radius 1 is 1.25 bits per heavy atom. The highest BCUT2D eigenvalue weighted by atomic mass is 19.4. The number of hydrogen-bond donors (Lipinski definition) is 2. The molecule has 3 N–H and O–H groups in total. The molecule has 1 heterocycles. The van der Waals surface area contributed by atoms with Crippen LogP contribution in [0.4, 0.5) is 24.5 Å². The number of rotatable bonds is 2. The lowest BCUT2D eigenvalue weighted by atomic mass is 10.1. The van der Waals surface area contributed by atoms with E-state index in [1.807, 2.05) is 24.4 Å². The van der Waals surface area contributed by atoms with Crippen LogP contribution in [0.1, 0.15) is 0 Å². The molecule has 8 heteroatoms. The zero-order valence-corrected chi connectivity index (χ0v) is 10.9. The average molecular weight is 285 g/mol. The van der Waals surface area contributed by atoms with Gasteiger partial charge >= 0.3 is 6.18 Å².